The lowest BCUT2D eigenvalue weighted by atomic mass is 10.1. The second-order valence-corrected chi connectivity index (χ2v) is 6.20. The lowest BCUT2D eigenvalue weighted by molar-refractivity contribution is 0.0614. The number of amides is 2. The third-order valence-corrected chi connectivity index (χ3v) is 4.31. The van der Waals surface area contributed by atoms with Crippen LogP contribution in [-0.4, -0.2) is 34.0 Å². The topological polar surface area (TPSA) is 81.1 Å². The fourth-order valence-corrected chi connectivity index (χ4v) is 3.07. The molecule has 1 unspecified atom stereocenters. The van der Waals surface area contributed by atoms with Crippen LogP contribution in [0.3, 0.4) is 0 Å². The molecule has 0 saturated carbocycles. The van der Waals surface area contributed by atoms with Crippen molar-refractivity contribution in [1.82, 2.24) is 20.1 Å². The molecule has 4 rings (SSSR count). The van der Waals surface area contributed by atoms with Crippen LogP contribution in [-0.2, 0) is 4.74 Å². The average molecular weight is 385 g/mol. The van der Waals surface area contributed by atoms with E-state index in [1.54, 1.807) is 12.2 Å². The van der Waals surface area contributed by atoms with Gasteiger partial charge in [-0.05, 0) is 17.7 Å². The third kappa shape index (κ3) is 3.70. The molecule has 28 heavy (non-hydrogen) atoms. The zero-order valence-corrected chi connectivity index (χ0v) is 14.7. The first kappa shape index (κ1) is 18.1. The number of aromatic nitrogens is 3. The molecular formula is C19H17F2N5O2. The Morgan fingerprint density at radius 3 is 2.86 bits per heavy atom. The molecule has 0 aliphatic carbocycles. The van der Waals surface area contributed by atoms with Crippen molar-refractivity contribution in [3.05, 3.63) is 59.9 Å². The Morgan fingerprint density at radius 1 is 1.25 bits per heavy atom. The number of nitrogens with one attached hydrogen (secondary N) is 2. The van der Waals surface area contributed by atoms with E-state index in [1.807, 2.05) is 30.3 Å². The second kappa shape index (κ2) is 7.73. The fraction of sp³-hybridized carbons (Fsp3) is 0.211. The van der Waals surface area contributed by atoms with E-state index in [9.17, 15) is 13.6 Å². The quantitative estimate of drug-likeness (QED) is 0.704. The normalized spacial score (nSPS) is 18.8. The van der Waals surface area contributed by atoms with Crippen molar-refractivity contribution < 1.29 is 18.3 Å². The lowest BCUT2D eigenvalue weighted by Gasteiger charge is -2.20. The maximum Gasteiger partial charge on any atom is 0.333 e. The zero-order valence-electron chi connectivity index (χ0n) is 14.7. The Kier molecular flexibility index (Phi) is 4.98. The predicted molar refractivity (Wildman–Crippen MR) is 100.0 cm³/mol. The Morgan fingerprint density at radius 2 is 2.07 bits per heavy atom. The van der Waals surface area contributed by atoms with Crippen LogP contribution in [0.4, 0.5) is 19.4 Å². The molecule has 2 bridgehead atoms. The number of hydrogen-bond donors (Lipinski definition) is 2. The van der Waals surface area contributed by atoms with Gasteiger partial charge in [0.15, 0.2) is 0 Å². The number of hydrogen-bond acceptors (Lipinski definition) is 4. The molecule has 144 valence electrons. The molecule has 1 atom stereocenters. The summed E-state index contributed by atoms with van der Waals surface area (Å²) in [6.45, 7) is -2.30. The first-order valence-electron chi connectivity index (χ1n) is 8.65. The molecule has 3 heterocycles. The van der Waals surface area contributed by atoms with Crippen LogP contribution >= 0.6 is 0 Å². The number of fused-ring (bicyclic) bond motifs is 4. The highest BCUT2D eigenvalue weighted by Gasteiger charge is 2.19. The van der Waals surface area contributed by atoms with Crippen molar-refractivity contribution in [3.8, 4) is 0 Å². The number of anilines is 1. The van der Waals surface area contributed by atoms with E-state index >= 15 is 0 Å². The summed E-state index contributed by atoms with van der Waals surface area (Å²) in [7, 11) is 0. The van der Waals surface area contributed by atoms with E-state index in [-0.39, 0.29) is 36.3 Å². The van der Waals surface area contributed by atoms with Gasteiger partial charge in [-0.3, -0.25) is 5.32 Å². The van der Waals surface area contributed by atoms with Crippen LogP contribution in [0.5, 0.6) is 0 Å². The monoisotopic (exact) mass is 385 g/mol. The summed E-state index contributed by atoms with van der Waals surface area (Å²) in [6.07, 6.45) is 4.60. The van der Waals surface area contributed by atoms with Crippen LogP contribution in [0.2, 0.25) is 0 Å². The van der Waals surface area contributed by atoms with Gasteiger partial charge in [-0.25, -0.2) is 14.5 Å². The molecule has 0 saturated heterocycles. The van der Waals surface area contributed by atoms with Gasteiger partial charge >= 0.3 is 12.6 Å². The standard InChI is InChI=1S/C19H17F2N5O2/c20-18(21)26-17-13(10-22-26)9-16-23-14(17)7-4-8-28-11-15(24-19(27)25-16)12-5-2-1-3-6-12/h1-7,9-10,15,18H,8,11H2,(H2,23,24,25,27)/b7-4-. The van der Waals surface area contributed by atoms with Gasteiger partial charge in [0.05, 0.1) is 31.1 Å². The number of nitrogens with zero attached hydrogens (tertiary/aromatic N) is 3. The summed E-state index contributed by atoms with van der Waals surface area (Å²) in [6, 6.07) is 10.1. The summed E-state index contributed by atoms with van der Waals surface area (Å²) < 4.78 is 32.7. The highest BCUT2D eigenvalue weighted by Crippen LogP contribution is 2.26. The van der Waals surface area contributed by atoms with E-state index in [1.165, 1.54) is 12.3 Å². The second-order valence-electron chi connectivity index (χ2n) is 6.20. The van der Waals surface area contributed by atoms with Gasteiger partial charge in [0.1, 0.15) is 11.3 Å². The summed E-state index contributed by atoms with van der Waals surface area (Å²) in [4.78, 5) is 16.8. The summed E-state index contributed by atoms with van der Waals surface area (Å²) >= 11 is 0. The first-order chi connectivity index (χ1) is 13.6. The van der Waals surface area contributed by atoms with Crippen LogP contribution in [0.1, 0.15) is 23.8 Å². The molecule has 9 heteroatoms. The molecule has 2 aromatic heterocycles. The highest BCUT2D eigenvalue weighted by molar-refractivity contribution is 5.93. The number of ether oxygens (including phenoxy) is 1. The van der Waals surface area contributed by atoms with Crippen molar-refractivity contribution in [3.63, 3.8) is 0 Å². The number of carbonyl (C=O) groups excluding carboxylic acids is 1. The van der Waals surface area contributed by atoms with E-state index in [0.29, 0.717) is 10.1 Å². The van der Waals surface area contributed by atoms with Crippen LogP contribution in [0, 0.1) is 0 Å². The first-order valence-corrected chi connectivity index (χ1v) is 8.65. The lowest BCUT2D eigenvalue weighted by Crippen LogP contribution is -2.35. The summed E-state index contributed by atoms with van der Waals surface area (Å²) in [5.74, 6) is 0.242. The largest absolute Gasteiger partial charge is 0.375 e. The van der Waals surface area contributed by atoms with Crippen molar-refractivity contribution in [2.45, 2.75) is 12.6 Å². The SMILES string of the molecule is O=C1Nc2cc3cnn(C(F)F)c3c(n2)/C=C\COCC(c2ccccc2)N1. The van der Waals surface area contributed by atoms with Gasteiger partial charge < -0.3 is 10.1 Å². The number of alkyl halides is 2. The van der Waals surface area contributed by atoms with Crippen molar-refractivity contribution in [2.24, 2.45) is 0 Å². The predicted octanol–water partition coefficient (Wildman–Crippen LogP) is 3.73. The van der Waals surface area contributed by atoms with Gasteiger partial charge in [0.2, 0.25) is 0 Å². The molecular weight excluding hydrogens is 368 g/mol. The van der Waals surface area contributed by atoms with Crippen molar-refractivity contribution >= 4 is 28.8 Å². The molecule has 2 N–H and O–H groups in total. The van der Waals surface area contributed by atoms with E-state index in [4.69, 9.17) is 4.74 Å². The fourth-order valence-electron chi connectivity index (χ4n) is 3.07. The highest BCUT2D eigenvalue weighted by atomic mass is 19.3. The van der Waals surface area contributed by atoms with Crippen molar-refractivity contribution in [1.29, 1.82) is 0 Å². The van der Waals surface area contributed by atoms with Crippen LogP contribution < -0.4 is 10.6 Å². The Labute approximate surface area is 159 Å². The molecule has 7 nitrogen and oxygen atoms in total. The molecule has 2 amide bonds. The van der Waals surface area contributed by atoms with Crippen LogP contribution in [0.25, 0.3) is 17.0 Å². The summed E-state index contributed by atoms with van der Waals surface area (Å²) in [5.41, 5.74) is 1.37. The minimum atomic E-state index is -2.80. The maximum absolute atomic E-state index is 13.2. The smallest absolute Gasteiger partial charge is 0.333 e. The molecule has 1 aliphatic heterocycles. The van der Waals surface area contributed by atoms with E-state index in [2.05, 4.69) is 20.7 Å². The third-order valence-electron chi connectivity index (χ3n) is 4.31. The maximum atomic E-state index is 13.2. The van der Waals surface area contributed by atoms with E-state index in [0.717, 1.165) is 5.56 Å². The number of halogens is 2. The molecule has 0 radical (unpaired) electrons. The minimum absolute atomic E-state index is 0.191. The number of benzene rings is 1. The van der Waals surface area contributed by atoms with E-state index < -0.39 is 12.6 Å². The molecule has 0 spiro atoms. The number of urea groups is 1. The van der Waals surface area contributed by atoms with Gasteiger partial charge in [-0.15, -0.1) is 0 Å². The molecule has 0 fully saturated rings. The van der Waals surface area contributed by atoms with Gasteiger partial charge in [0, 0.05) is 5.39 Å². The average Bonchev–Trinajstić information content (AvgIpc) is 3.11. The van der Waals surface area contributed by atoms with Gasteiger partial charge in [-0.1, -0.05) is 36.4 Å². The Bertz CT molecular complexity index is 1020. The number of rotatable bonds is 2. The Balaban J connectivity index is 1.69. The molecule has 3 aromatic rings. The minimum Gasteiger partial charge on any atom is -0.375 e. The van der Waals surface area contributed by atoms with Gasteiger partial charge in [0.25, 0.3) is 0 Å². The Hall–Kier alpha value is -3.33. The number of carbonyl (C=O) groups is 1. The molecule has 1 aliphatic rings. The number of pyridine rings is 1. The van der Waals surface area contributed by atoms with Crippen molar-refractivity contribution in [2.75, 3.05) is 18.5 Å². The van der Waals surface area contributed by atoms with Crippen LogP contribution in [0.15, 0.2) is 48.7 Å². The summed E-state index contributed by atoms with van der Waals surface area (Å²) in [5, 5.41) is 9.68. The van der Waals surface area contributed by atoms with Gasteiger partial charge in [-0.2, -0.15) is 13.9 Å². The zero-order chi connectivity index (χ0) is 19.5. The molecule has 1 aromatic carbocycles.